The fourth-order valence-electron chi connectivity index (χ4n) is 1.40. The number of carbonyl (C=O) groups excluding carboxylic acids is 1. The van der Waals surface area contributed by atoms with Crippen LogP contribution in [0, 0.1) is 5.82 Å². The quantitative estimate of drug-likeness (QED) is 0.851. The van der Waals surface area contributed by atoms with Crippen LogP contribution in [-0.4, -0.2) is 26.8 Å². The van der Waals surface area contributed by atoms with Gasteiger partial charge in [0.15, 0.2) is 5.69 Å². The van der Waals surface area contributed by atoms with Gasteiger partial charge in [0, 0.05) is 5.56 Å². The average molecular weight is 313 g/mol. The van der Waals surface area contributed by atoms with Crippen LogP contribution in [0.5, 0.6) is 0 Å². The smallest absolute Gasteiger partial charge is 0.354 e. The molecule has 0 aliphatic carbocycles. The second-order valence-corrected chi connectivity index (χ2v) is 4.24. The van der Waals surface area contributed by atoms with E-state index in [-0.39, 0.29) is 21.4 Å². The number of ketones is 1. The lowest BCUT2D eigenvalue weighted by atomic mass is 10.1. The van der Waals surface area contributed by atoms with E-state index in [1.54, 1.807) is 0 Å². The molecule has 0 aliphatic heterocycles. The van der Waals surface area contributed by atoms with Crippen molar-refractivity contribution in [2.45, 2.75) is 0 Å². The Kier molecular flexibility index (Phi) is 3.24. The number of H-pyrrole nitrogens is 1. The van der Waals surface area contributed by atoms with E-state index in [9.17, 15) is 14.0 Å². The van der Waals surface area contributed by atoms with Crippen molar-refractivity contribution >= 4 is 27.7 Å². The fourth-order valence-corrected chi connectivity index (χ4v) is 1.78. The molecule has 2 N–H and O–H groups in total. The fraction of sp³-hybridized carbons (Fsp3) is 0. The van der Waals surface area contributed by atoms with E-state index in [0.29, 0.717) is 0 Å². The zero-order valence-corrected chi connectivity index (χ0v) is 10.4. The van der Waals surface area contributed by atoms with Crippen LogP contribution in [0.4, 0.5) is 4.39 Å². The van der Waals surface area contributed by atoms with Crippen LogP contribution >= 0.6 is 15.9 Å². The Hall–Kier alpha value is -2.02. The lowest BCUT2D eigenvalue weighted by molar-refractivity contribution is 0.0687. The van der Waals surface area contributed by atoms with Crippen LogP contribution in [0.3, 0.4) is 0 Å². The summed E-state index contributed by atoms with van der Waals surface area (Å²) < 4.78 is 13.2. The van der Waals surface area contributed by atoms with Crippen molar-refractivity contribution in [2.75, 3.05) is 0 Å². The summed E-state index contributed by atoms with van der Waals surface area (Å²) in [6.07, 6.45) is 1.12. The summed E-state index contributed by atoms with van der Waals surface area (Å²) in [6.45, 7) is 0. The lowest BCUT2D eigenvalue weighted by Crippen LogP contribution is -2.09. The molecule has 18 heavy (non-hydrogen) atoms. The SMILES string of the molecule is O=C(c1ccc(F)c(Br)c1)c1nc[nH]c1C(=O)O. The Labute approximate surface area is 109 Å². The van der Waals surface area contributed by atoms with Crippen LogP contribution in [0.1, 0.15) is 26.5 Å². The second kappa shape index (κ2) is 4.69. The van der Waals surface area contributed by atoms with Crippen molar-refractivity contribution in [1.29, 1.82) is 0 Å². The molecular weight excluding hydrogens is 307 g/mol. The first kappa shape index (κ1) is 12.4. The van der Waals surface area contributed by atoms with Gasteiger partial charge in [0.2, 0.25) is 5.78 Å². The molecule has 0 radical (unpaired) electrons. The first-order valence-electron chi connectivity index (χ1n) is 4.77. The van der Waals surface area contributed by atoms with Crippen LogP contribution in [0.15, 0.2) is 29.0 Å². The van der Waals surface area contributed by atoms with E-state index in [2.05, 4.69) is 25.9 Å². The summed E-state index contributed by atoms with van der Waals surface area (Å²) in [6, 6.07) is 3.66. The van der Waals surface area contributed by atoms with E-state index in [4.69, 9.17) is 5.11 Å². The van der Waals surface area contributed by atoms with Gasteiger partial charge in [-0.3, -0.25) is 4.79 Å². The molecule has 2 aromatic rings. The van der Waals surface area contributed by atoms with Gasteiger partial charge in [-0.1, -0.05) is 0 Å². The van der Waals surface area contributed by atoms with Gasteiger partial charge in [-0.2, -0.15) is 0 Å². The number of aromatic nitrogens is 2. The minimum absolute atomic E-state index is 0.126. The van der Waals surface area contributed by atoms with Crippen molar-refractivity contribution < 1.29 is 19.1 Å². The predicted molar refractivity (Wildman–Crippen MR) is 63.1 cm³/mol. The van der Waals surface area contributed by atoms with Gasteiger partial charge in [-0.25, -0.2) is 14.2 Å². The molecule has 0 amide bonds. The van der Waals surface area contributed by atoms with E-state index in [1.165, 1.54) is 12.1 Å². The topological polar surface area (TPSA) is 83.0 Å². The molecule has 1 heterocycles. The number of carboxylic acid groups (broad SMARTS) is 1. The van der Waals surface area contributed by atoms with Crippen molar-refractivity contribution in [2.24, 2.45) is 0 Å². The summed E-state index contributed by atoms with van der Waals surface area (Å²) in [5.74, 6) is -2.38. The number of rotatable bonds is 3. The molecule has 1 aromatic carbocycles. The molecular formula is C11H6BrFN2O3. The van der Waals surface area contributed by atoms with Crippen molar-refractivity contribution in [3.63, 3.8) is 0 Å². The van der Waals surface area contributed by atoms with Crippen molar-refractivity contribution in [1.82, 2.24) is 9.97 Å². The Balaban J connectivity index is 2.45. The van der Waals surface area contributed by atoms with Crippen molar-refractivity contribution in [3.8, 4) is 0 Å². The molecule has 1 aromatic heterocycles. The Morgan fingerprint density at radius 2 is 2.11 bits per heavy atom. The van der Waals surface area contributed by atoms with Gasteiger partial charge in [0.05, 0.1) is 10.8 Å². The average Bonchev–Trinajstić information content (AvgIpc) is 2.81. The summed E-state index contributed by atoms with van der Waals surface area (Å²) in [5, 5.41) is 8.86. The molecule has 0 spiro atoms. The molecule has 2 rings (SSSR count). The monoisotopic (exact) mass is 312 g/mol. The maximum Gasteiger partial charge on any atom is 0.354 e. The van der Waals surface area contributed by atoms with E-state index in [0.717, 1.165) is 12.4 Å². The number of carboxylic acids is 1. The van der Waals surface area contributed by atoms with E-state index >= 15 is 0 Å². The highest BCUT2D eigenvalue weighted by Crippen LogP contribution is 2.19. The highest BCUT2D eigenvalue weighted by Gasteiger charge is 2.21. The third-order valence-corrected chi connectivity index (χ3v) is 2.86. The Morgan fingerprint density at radius 3 is 2.72 bits per heavy atom. The van der Waals surface area contributed by atoms with E-state index < -0.39 is 17.6 Å². The number of hydrogen-bond donors (Lipinski definition) is 2. The normalized spacial score (nSPS) is 10.3. The zero-order valence-electron chi connectivity index (χ0n) is 8.78. The van der Waals surface area contributed by atoms with Crippen LogP contribution in [0.2, 0.25) is 0 Å². The molecule has 0 atom stereocenters. The Morgan fingerprint density at radius 1 is 1.39 bits per heavy atom. The van der Waals surface area contributed by atoms with Gasteiger partial charge < -0.3 is 10.1 Å². The molecule has 7 heteroatoms. The van der Waals surface area contributed by atoms with Gasteiger partial charge in [-0.05, 0) is 34.1 Å². The third kappa shape index (κ3) is 2.17. The van der Waals surface area contributed by atoms with Crippen molar-refractivity contribution in [3.05, 3.63) is 51.8 Å². The second-order valence-electron chi connectivity index (χ2n) is 3.39. The van der Waals surface area contributed by atoms with E-state index in [1.807, 2.05) is 0 Å². The number of hydrogen-bond acceptors (Lipinski definition) is 3. The number of aromatic amines is 1. The maximum absolute atomic E-state index is 13.0. The third-order valence-electron chi connectivity index (χ3n) is 2.25. The summed E-state index contributed by atoms with van der Waals surface area (Å²) >= 11 is 2.95. The zero-order chi connectivity index (χ0) is 13.3. The van der Waals surface area contributed by atoms with Crippen LogP contribution < -0.4 is 0 Å². The standard InChI is InChI=1S/C11H6BrFN2O3/c12-6-3-5(1-2-7(6)13)10(16)8-9(11(17)18)15-4-14-8/h1-4H,(H,14,15)(H,17,18). The highest BCUT2D eigenvalue weighted by molar-refractivity contribution is 9.10. The Bertz CT molecular complexity index is 639. The minimum atomic E-state index is -1.28. The first-order valence-corrected chi connectivity index (χ1v) is 5.56. The lowest BCUT2D eigenvalue weighted by Gasteiger charge is -2.01. The highest BCUT2D eigenvalue weighted by atomic mass is 79.9. The predicted octanol–water partition coefficient (Wildman–Crippen LogP) is 2.24. The number of nitrogens with one attached hydrogen (secondary N) is 1. The number of imidazole rings is 1. The molecule has 0 saturated carbocycles. The summed E-state index contributed by atoms with van der Waals surface area (Å²) in [4.78, 5) is 28.9. The van der Waals surface area contributed by atoms with Gasteiger partial charge in [0.1, 0.15) is 11.5 Å². The van der Waals surface area contributed by atoms with Crippen LogP contribution in [0.25, 0.3) is 0 Å². The molecule has 0 saturated heterocycles. The molecule has 0 aliphatic rings. The van der Waals surface area contributed by atoms with Gasteiger partial charge >= 0.3 is 5.97 Å². The number of carbonyl (C=O) groups is 2. The largest absolute Gasteiger partial charge is 0.477 e. The number of halogens is 2. The van der Waals surface area contributed by atoms with Gasteiger partial charge in [0.25, 0.3) is 0 Å². The molecule has 0 bridgehead atoms. The minimum Gasteiger partial charge on any atom is -0.477 e. The maximum atomic E-state index is 13.0. The summed E-state index contributed by atoms with van der Waals surface area (Å²) in [7, 11) is 0. The summed E-state index contributed by atoms with van der Waals surface area (Å²) in [5.41, 5.74) is -0.348. The number of aromatic carboxylic acids is 1. The number of benzene rings is 1. The molecule has 0 fully saturated rings. The van der Waals surface area contributed by atoms with Gasteiger partial charge in [-0.15, -0.1) is 0 Å². The molecule has 0 unspecified atom stereocenters. The van der Waals surface area contributed by atoms with Crippen LogP contribution in [-0.2, 0) is 0 Å². The molecule has 92 valence electrons. The number of nitrogens with zero attached hydrogens (tertiary/aromatic N) is 1. The molecule has 5 nitrogen and oxygen atoms in total. The first-order chi connectivity index (χ1) is 8.50.